The first-order chi connectivity index (χ1) is 11.7. The standard InChI is InChI=1S/C18H21NO5/c1-22-18(21)14-10-17(20)19(11-14)15(16-12-23-7-8-24-16)9-13-5-3-2-4-6-13/h2-3,5,7-8,12,14-15H,4,6,9-11H2,1H3. The van der Waals surface area contributed by atoms with Crippen LogP contribution in [0.4, 0.5) is 0 Å². The molecule has 0 radical (unpaired) electrons. The molecule has 0 saturated carbocycles. The molecule has 1 saturated heterocycles. The summed E-state index contributed by atoms with van der Waals surface area (Å²) in [4.78, 5) is 26.0. The van der Waals surface area contributed by atoms with Crippen molar-refractivity contribution in [3.8, 4) is 0 Å². The molecule has 0 N–H and O–H groups in total. The number of carbonyl (C=O) groups is 2. The lowest BCUT2D eigenvalue weighted by Gasteiger charge is -2.30. The van der Waals surface area contributed by atoms with Gasteiger partial charge in [0.2, 0.25) is 5.91 Å². The monoisotopic (exact) mass is 331 g/mol. The number of hydrogen-bond acceptors (Lipinski definition) is 5. The van der Waals surface area contributed by atoms with Crippen molar-refractivity contribution in [3.05, 3.63) is 48.3 Å². The number of methoxy groups -OCH3 is 1. The predicted octanol–water partition coefficient (Wildman–Crippen LogP) is 2.40. The molecule has 3 aliphatic rings. The average molecular weight is 331 g/mol. The summed E-state index contributed by atoms with van der Waals surface area (Å²) in [6.45, 7) is 0.337. The second-order valence-electron chi connectivity index (χ2n) is 6.03. The molecule has 2 aliphatic heterocycles. The molecule has 1 aliphatic carbocycles. The van der Waals surface area contributed by atoms with Crippen LogP contribution in [0.5, 0.6) is 0 Å². The number of esters is 1. The molecule has 2 unspecified atom stereocenters. The summed E-state index contributed by atoms with van der Waals surface area (Å²) in [5.41, 5.74) is 1.25. The second kappa shape index (κ2) is 7.38. The van der Waals surface area contributed by atoms with Crippen LogP contribution in [0.25, 0.3) is 0 Å². The van der Waals surface area contributed by atoms with Gasteiger partial charge in [0.25, 0.3) is 0 Å². The van der Waals surface area contributed by atoms with Crippen LogP contribution in [0.3, 0.4) is 0 Å². The molecule has 2 heterocycles. The maximum atomic E-state index is 12.5. The van der Waals surface area contributed by atoms with Gasteiger partial charge in [-0.2, -0.15) is 0 Å². The lowest BCUT2D eigenvalue weighted by atomic mass is 9.96. The summed E-state index contributed by atoms with van der Waals surface area (Å²) in [6.07, 6.45) is 13.4. The van der Waals surface area contributed by atoms with Gasteiger partial charge in [0.1, 0.15) is 18.8 Å². The number of nitrogens with zero attached hydrogens (tertiary/aromatic N) is 1. The number of rotatable bonds is 5. The molecular weight excluding hydrogens is 310 g/mol. The van der Waals surface area contributed by atoms with Gasteiger partial charge in [0.05, 0.1) is 19.1 Å². The van der Waals surface area contributed by atoms with Crippen molar-refractivity contribution in [2.75, 3.05) is 13.7 Å². The topological polar surface area (TPSA) is 65.1 Å². The Balaban J connectivity index is 1.80. The smallest absolute Gasteiger partial charge is 0.310 e. The normalized spacial score (nSPS) is 24.0. The highest BCUT2D eigenvalue weighted by atomic mass is 16.5. The zero-order valence-corrected chi connectivity index (χ0v) is 13.6. The highest BCUT2D eigenvalue weighted by Gasteiger charge is 2.40. The van der Waals surface area contributed by atoms with Crippen LogP contribution in [0.15, 0.2) is 48.3 Å². The minimum atomic E-state index is -0.425. The molecule has 24 heavy (non-hydrogen) atoms. The molecular formula is C18H21NO5. The predicted molar refractivity (Wildman–Crippen MR) is 86.1 cm³/mol. The minimum absolute atomic E-state index is 0.0681. The zero-order valence-electron chi connectivity index (χ0n) is 13.6. The van der Waals surface area contributed by atoms with Crippen LogP contribution in [0, 0.1) is 5.92 Å². The van der Waals surface area contributed by atoms with Gasteiger partial charge in [0.15, 0.2) is 5.76 Å². The van der Waals surface area contributed by atoms with Gasteiger partial charge in [-0.25, -0.2) is 0 Å². The van der Waals surface area contributed by atoms with Crippen molar-refractivity contribution < 1.29 is 23.8 Å². The Morgan fingerprint density at radius 2 is 2.33 bits per heavy atom. The lowest BCUT2D eigenvalue weighted by molar-refractivity contribution is -0.145. The summed E-state index contributed by atoms with van der Waals surface area (Å²) in [6, 6.07) is -0.283. The summed E-state index contributed by atoms with van der Waals surface area (Å²) < 4.78 is 15.6. The zero-order chi connectivity index (χ0) is 16.9. The molecule has 0 aromatic heterocycles. The Hall–Kier alpha value is -2.50. The van der Waals surface area contributed by atoms with Crippen LogP contribution < -0.4 is 0 Å². The van der Waals surface area contributed by atoms with E-state index >= 15 is 0 Å². The van der Waals surface area contributed by atoms with E-state index in [1.807, 2.05) is 6.08 Å². The fraction of sp³-hybridized carbons (Fsp3) is 0.444. The van der Waals surface area contributed by atoms with E-state index in [4.69, 9.17) is 14.2 Å². The highest BCUT2D eigenvalue weighted by molar-refractivity contribution is 5.87. The second-order valence-corrected chi connectivity index (χ2v) is 6.03. The largest absolute Gasteiger partial charge is 0.469 e. The van der Waals surface area contributed by atoms with Gasteiger partial charge in [-0.3, -0.25) is 9.59 Å². The quantitative estimate of drug-likeness (QED) is 0.724. The molecule has 1 amide bonds. The summed E-state index contributed by atoms with van der Waals surface area (Å²) >= 11 is 0. The highest BCUT2D eigenvalue weighted by Crippen LogP contribution is 2.31. The van der Waals surface area contributed by atoms with E-state index in [9.17, 15) is 9.59 Å². The molecule has 6 nitrogen and oxygen atoms in total. The molecule has 2 atom stereocenters. The minimum Gasteiger partial charge on any atom is -0.469 e. The third-order valence-electron chi connectivity index (χ3n) is 4.48. The van der Waals surface area contributed by atoms with E-state index in [1.54, 1.807) is 4.90 Å². The van der Waals surface area contributed by atoms with E-state index in [1.165, 1.54) is 31.5 Å². The van der Waals surface area contributed by atoms with Gasteiger partial charge in [-0.15, -0.1) is 0 Å². The maximum absolute atomic E-state index is 12.5. The maximum Gasteiger partial charge on any atom is 0.310 e. The van der Waals surface area contributed by atoms with E-state index in [0.29, 0.717) is 18.7 Å². The SMILES string of the molecule is COC(=O)C1CC(=O)N(C(CC2=CC=CCC2)C2=COC=CO2)C1. The Morgan fingerprint density at radius 3 is 3.00 bits per heavy atom. The van der Waals surface area contributed by atoms with Crippen LogP contribution in [-0.2, 0) is 23.8 Å². The summed E-state index contributed by atoms with van der Waals surface area (Å²) in [5.74, 6) is -0.266. The van der Waals surface area contributed by atoms with Crippen molar-refractivity contribution in [2.24, 2.45) is 5.92 Å². The first-order valence-corrected chi connectivity index (χ1v) is 8.08. The molecule has 0 aromatic carbocycles. The Morgan fingerprint density at radius 1 is 1.46 bits per heavy atom. The summed E-state index contributed by atoms with van der Waals surface area (Å²) in [7, 11) is 1.34. The van der Waals surface area contributed by atoms with Gasteiger partial charge in [0, 0.05) is 13.0 Å². The van der Waals surface area contributed by atoms with Crippen LogP contribution in [0.1, 0.15) is 25.7 Å². The Kier molecular flexibility index (Phi) is 5.03. The van der Waals surface area contributed by atoms with Crippen molar-refractivity contribution >= 4 is 11.9 Å². The van der Waals surface area contributed by atoms with E-state index in [-0.39, 0.29) is 24.3 Å². The summed E-state index contributed by atoms with van der Waals surface area (Å²) in [5, 5.41) is 0. The number of hydrogen-bond donors (Lipinski definition) is 0. The first kappa shape index (κ1) is 16.4. The van der Waals surface area contributed by atoms with Crippen molar-refractivity contribution in [3.63, 3.8) is 0 Å². The van der Waals surface area contributed by atoms with Gasteiger partial charge < -0.3 is 19.1 Å². The molecule has 0 bridgehead atoms. The fourth-order valence-corrected chi connectivity index (χ4v) is 3.22. The number of carbonyl (C=O) groups excluding carboxylic acids is 2. The number of allylic oxidation sites excluding steroid dienone is 3. The molecule has 128 valence electrons. The molecule has 0 aromatic rings. The van der Waals surface area contributed by atoms with Crippen LogP contribution in [0.2, 0.25) is 0 Å². The van der Waals surface area contributed by atoms with E-state index in [0.717, 1.165) is 12.8 Å². The Bertz CT molecular complexity index is 631. The fourth-order valence-electron chi connectivity index (χ4n) is 3.22. The average Bonchev–Trinajstić information content (AvgIpc) is 3.02. The number of amides is 1. The lowest BCUT2D eigenvalue weighted by Crippen LogP contribution is -2.39. The van der Waals surface area contributed by atoms with Crippen molar-refractivity contribution in [1.82, 2.24) is 4.90 Å². The van der Waals surface area contributed by atoms with Crippen LogP contribution >= 0.6 is 0 Å². The van der Waals surface area contributed by atoms with Crippen LogP contribution in [-0.4, -0.2) is 36.5 Å². The Labute approximate surface area is 141 Å². The van der Waals surface area contributed by atoms with Crippen molar-refractivity contribution in [1.29, 1.82) is 0 Å². The number of ether oxygens (including phenoxy) is 3. The van der Waals surface area contributed by atoms with Crippen molar-refractivity contribution in [2.45, 2.75) is 31.7 Å². The van der Waals surface area contributed by atoms with E-state index in [2.05, 4.69) is 12.2 Å². The molecule has 1 fully saturated rings. The molecule has 3 rings (SSSR count). The first-order valence-electron chi connectivity index (χ1n) is 8.08. The number of likely N-dealkylation sites (tertiary alicyclic amines) is 1. The third-order valence-corrected chi connectivity index (χ3v) is 4.48. The molecule has 0 spiro atoms. The van der Waals surface area contributed by atoms with E-state index < -0.39 is 5.92 Å². The third kappa shape index (κ3) is 3.53. The van der Waals surface area contributed by atoms with Gasteiger partial charge in [-0.05, 0) is 19.3 Å². The van der Waals surface area contributed by atoms with Gasteiger partial charge in [-0.1, -0.05) is 23.8 Å². The molecule has 6 heteroatoms. The van der Waals surface area contributed by atoms with Gasteiger partial charge >= 0.3 is 5.97 Å².